The van der Waals surface area contributed by atoms with Gasteiger partial charge in [0.25, 0.3) is 0 Å². The fourth-order valence-electron chi connectivity index (χ4n) is 2.06. The van der Waals surface area contributed by atoms with Crippen LogP contribution in [-0.2, 0) is 17.8 Å². The summed E-state index contributed by atoms with van der Waals surface area (Å²) in [6.07, 6.45) is 2.72. The monoisotopic (exact) mass is 291 g/mol. The van der Waals surface area contributed by atoms with Crippen molar-refractivity contribution in [2.24, 2.45) is 0 Å². The molecule has 0 atom stereocenters. The molecule has 112 valence electrons. The number of hydrogen-bond donors (Lipinski definition) is 1. The number of anilines is 1. The van der Waals surface area contributed by atoms with Crippen LogP contribution < -0.4 is 5.32 Å². The number of esters is 1. The first-order valence-electron chi connectivity index (χ1n) is 6.78. The number of aromatic nitrogens is 2. The number of carbonyl (C=O) groups is 1. The second kappa shape index (κ2) is 6.88. The average Bonchev–Trinajstić information content (AvgIpc) is 2.93. The summed E-state index contributed by atoms with van der Waals surface area (Å²) in [4.78, 5) is 11.7. The van der Waals surface area contributed by atoms with Gasteiger partial charge in [0.1, 0.15) is 5.82 Å². The molecule has 5 nitrogen and oxygen atoms in total. The Bertz CT molecular complexity index is 625. The van der Waals surface area contributed by atoms with E-state index in [0.717, 1.165) is 24.7 Å². The first kappa shape index (κ1) is 15.0. The lowest BCUT2D eigenvalue weighted by molar-refractivity contribution is 0.0601. The minimum atomic E-state index is -0.570. The summed E-state index contributed by atoms with van der Waals surface area (Å²) in [5.74, 6) is -1.05. The highest BCUT2D eigenvalue weighted by molar-refractivity contribution is 5.95. The zero-order valence-electron chi connectivity index (χ0n) is 12.1. The van der Waals surface area contributed by atoms with E-state index in [2.05, 4.69) is 22.1 Å². The fraction of sp³-hybridized carbons (Fsp3) is 0.333. The van der Waals surface area contributed by atoms with E-state index in [9.17, 15) is 9.18 Å². The summed E-state index contributed by atoms with van der Waals surface area (Å²) in [5.41, 5.74) is 1.71. The van der Waals surface area contributed by atoms with Gasteiger partial charge < -0.3 is 10.1 Å². The number of rotatable bonds is 6. The number of carbonyl (C=O) groups excluding carboxylic acids is 1. The molecule has 1 N–H and O–H groups in total. The minimum absolute atomic E-state index is 0.180. The highest BCUT2D eigenvalue weighted by atomic mass is 19.1. The molecule has 2 rings (SSSR count). The molecule has 0 unspecified atom stereocenters. The summed E-state index contributed by atoms with van der Waals surface area (Å²) >= 11 is 0. The predicted octanol–water partition coefficient (Wildman–Crippen LogP) is 2.83. The van der Waals surface area contributed by atoms with Gasteiger partial charge in [-0.2, -0.15) is 5.10 Å². The molecule has 0 aliphatic rings. The molecule has 1 aromatic carbocycles. The third kappa shape index (κ3) is 3.59. The smallest absolute Gasteiger partial charge is 0.340 e. The van der Waals surface area contributed by atoms with E-state index in [1.54, 1.807) is 6.20 Å². The second-order valence-corrected chi connectivity index (χ2v) is 4.58. The normalized spacial score (nSPS) is 10.4. The van der Waals surface area contributed by atoms with Crippen molar-refractivity contribution in [3.05, 3.63) is 47.5 Å². The number of nitrogens with zero attached hydrogens (tertiary/aromatic N) is 2. The number of ether oxygens (including phenoxy) is 1. The highest BCUT2D eigenvalue weighted by Gasteiger charge is 2.13. The zero-order valence-corrected chi connectivity index (χ0v) is 12.1. The van der Waals surface area contributed by atoms with Crippen molar-refractivity contribution in [3.63, 3.8) is 0 Å². The van der Waals surface area contributed by atoms with Gasteiger partial charge in [0.2, 0.25) is 0 Å². The Morgan fingerprint density at radius 2 is 2.24 bits per heavy atom. The Morgan fingerprint density at radius 3 is 2.95 bits per heavy atom. The Balaban J connectivity index is 2.16. The summed E-state index contributed by atoms with van der Waals surface area (Å²) in [6.45, 7) is 3.40. The first-order chi connectivity index (χ1) is 10.2. The van der Waals surface area contributed by atoms with Crippen LogP contribution in [0.5, 0.6) is 0 Å². The van der Waals surface area contributed by atoms with Gasteiger partial charge in [-0.25, -0.2) is 9.18 Å². The van der Waals surface area contributed by atoms with Crippen LogP contribution in [0.2, 0.25) is 0 Å². The van der Waals surface area contributed by atoms with Gasteiger partial charge in [0.15, 0.2) is 0 Å². The molecule has 21 heavy (non-hydrogen) atoms. The summed E-state index contributed by atoms with van der Waals surface area (Å²) < 4.78 is 19.8. The lowest BCUT2D eigenvalue weighted by Crippen LogP contribution is -2.12. The highest BCUT2D eigenvalue weighted by Crippen LogP contribution is 2.19. The number of nitrogens with one attached hydrogen (secondary N) is 1. The fourth-order valence-corrected chi connectivity index (χ4v) is 2.06. The number of halogens is 1. The summed E-state index contributed by atoms with van der Waals surface area (Å²) in [7, 11) is 1.27. The SMILES string of the molecule is CCCn1nccc1CNc1ccc(F)cc1C(=O)OC. The van der Waals surface area contributed by atoms with E-state index in [0.29, 0.717) is 12.2 Å². The predicted molar refractivity (Wildman–Crippen MR) is 77.6 cm³/mol. The maximum Gasteiger partial charge on any atom is 0.340 e. The molecule has 0 saturated carbocycles. The Hall–Kier alpha value is -2.37. The molecule has 0 saturated heterocycles. The van der Waals surface area contributed by atoms with Gasteiger partial charge in [0.05, 0.1) is 24.9 Å². The van der Waals surface area contributed by atoms with Crippen molar-refractivity contribution in [1.82, 2.24) is 9.78 Å². The van der Waals surface area contributed by atoms with Crippen LogP contribution in [0.3, 0.4) is 0 Å². The minimum Gasteiger partial charge on any atom is -0.465 e. The van der Waals surface area contributed by atoms with Crippen molar-refractivity contribution in [3.8, 4) is 0 Å². The molecule has 1 aromatic heterocycles. The van der Waals surface area contributed by atoms with Crippen LogP contribution in [0.25, 0.3) is 0 Å². The lowest BCUT2D eigenvalue weighted by atomic mass is 10.1. The first-order valence-corrected chi connectivity index (χ1v) is 6.78. The Kier molecular flexibility index (Phi) is 4.92. The van der Waals surface area contributed by atoms with Crippen LogP contribution in [0, 0.1) is 5.82 Å². The third-order valence-electron chi connectivity index (χ3n) is 3.09. The molecule has 2 aromatic rings. The third-order valence-corrected chi connectivity index (χ3v) is 3.09. The van der Waals surface area contributed by atoms with Gasteiger partial charge in [-0.15, -0.1) is 0 Å². The van der Waals surface area contributed by atoms with Crippen LogP contribution in [0.15, 0.2) is 30.5 Å². The molecule has 0 bridgehead atoms. The molecule has 1 heterocycles. The lowest BCUT2D eigenvalue weighted by Gasteiger charge is -2.12. The van der Waals surface area contributed by atoms with Crippen molar-refractivity contribution in [1.29, 1.82) is 0 Å². The van der Waals surface area contributed by atoms with E-state index in [-0.39, 0.29) is 5.56 Å². The van der Waals surface area contributed by atoms with Gasteiger partial charge in [-0.05, 0) is 30.7 Å². The molecule has 0 spiro atoms. The van der Waals surface area contributed by atoms with Gasteiger partial charge in [0, 0.05) is 18.4 Å². The van der Waals surface area contributed by atoms with Crippen molar-refractivity contribution < 1.29 is 13.9 Å². The van der Waals surface area contributed by atoms with E-state index >= 15 is 0 Å². The molecule has 0 radical (unpaired) electrons. The van der Waals surface area contributed by atoms with Gasteiger partial charge in [-0.3, -0.25) is 4.68 Å². The topological polar surface area (TPSA) is 56.2 Å². The number of methoxy groups -OCH3 is 1. The zero-order chi connectivity index (χ0) is 15.2. The Morgan fingerprint density at radius 1 is 1.43 bits per heavy atom. The molecule has 0 aliphatic carbocycles. The van der Waals surface area contributed by atoms with E-state index < -0.39 is 11.8 Å². The molecule has 0 fully saturated rings. The standard InChI is InChI=1S/C15H18FN3O2/c1-3-8-19-12(6-7-18-19)10-17-14-5-4-11(16)9-13(14)15(20)21-2/h4-7,9,17H,3,8,10H2,1-2H3. The molecular weight excluding hydrogens is 273 g/mol. The van der Waals surface area contributed by atoms with Crippen molar-refractivity contribution in [2.45, 2.75) is 26.4 Å². The second-order valence-electron chi connectivity index (χ2n) is 4.58. The summed E-state index contributed by atoms with van der Waals surface area (Å²) in [5, 5.41) is 7.36. The maximum absolute atomic E-state index is 13.3. The van der Waals surface area contributed by atoms with E-state index in [1.165, 1.54) is 19.2 Å². The van der Waals surface area contributed by atoms with Gasteiger partial charge in [-0.1, -0.05) is 6.92 Å². The van der Waals surface area contributed by atoms with Crippen LogP contribution in [0.4, 0.5) is 10.1 Å². The molecule has 0 amide bonds. The molecule has 6 heteroatoms. The number of benzene rings is 1. The van der Waals surface area contributed by atoms with Crippen molar-refractivity contribution in [2.75, 3.05) is 12.4 Å². The van der Waals surface area contributed by atoms with E-state index in [1.807, 2.05) is 10.7 Å². The largest absolute Gasteiger partial charge is 0.465 e. The van der Waals surface area contributed by atoms with Crippen LogP contribution in [-0.4, -0.2) is 22.9 Å². The quantitative estimate of drug-likeness (QED) is 0.831. The summed E-state index contributed by atoms with van der Waals surface area (Å²) in [6, 6.07) is 5.90. The van der Waals surface area contributed by atoms with Crippen LogP contribution in [0.1, 0.15) is 29.4 Å². The molecular formula is C15H18FN3O2. The number of hydrogen-bond acceptors (Lipinski definition) is 4. The Labute approximate surface area is 122 Å². The number of aryl methyl sites for hydroxylation is 1. The van der Waals surface area contributed by atoms with E-state index in [4.69, 9.17) is 0 Å². The van der Waals surface area contributed by atoms with Crippen molar-refractivity contribution >= 4 is 11.7 Å². The van der Waals surface area contributed by atoms with Gasteiger partial charge >= 0.3 is 5.97 Å². The molecule has 0 aliphatic heterocycles. The average molecular weight is 291 g/mol. The maximum atomic E-state index is 13.3. The van der Waals surface area contributed by atoms with Crippen LogP contribution >= 0.6 is 0 Å².